The fourth-order valence-electron chi connectivity index (χ4n) is 5.86. The maximum atomic E-state index is 15.2. The van der Waals surface area contributed by atoms with Crippen molar-refractivity contribution >= 4 is 35.1 Å². The van der Waals surface area contributed by atoms with E-state index in [0.29, 0.717) is 66.7 Å². The second-order valence-corrected chi connectivity index (χ2v) is 11.8. The highest BCUT2D eigenvalue weighted by molar-refractivity contribution is 6.34. The van der Waals surface area contributed by atoms with Crippen molar-refractivity contribution in [3.63, 3.8) is 0 Å². The van der Waals surface area contributed by atoms with Gasteiger partial charge < -0.3 is 14.7 Å². The summed E-state index contributed by atoms with van der Waals surface area (Å²) in [6.45, 7) is 1.45. The second kappa shape index (κ2) is 12.2. The Morgan fingerprint density at radius 1 is 0.975 bits per heavy atom. The molecule has 2 heterocycles. The lowest BCUT2D eigenvalue weighted by Crippen LogP contribution is -2.41. The summed E-state index contributed by atoms with van der Waals surface area (Å²) in [5.41, 5.74) is 1.00. The molecule has 1 saturated carbocycles. The van der Waals surface area contributed by atoms with E-state index in [4.69, 9.17) is 27.9 Å². The number of likely N-dealkylation sites (tertiary alicyclic amines) is 2. The van der Waals surface area contributed by atoms with Crippen LogP contribution in [-0.4, -0.2) is 65.5 Å². The number of halogens is 5. The van der Waals surface area contributed by atoms with Crippen molar-refractivity contribution in [2.24, 2.45) is 5.92 Å². The Morgan fingerprint density at radius 3 is 2.25 bits per heavy atom. The number of hydrogen-bond acceptors (Lipinski definition) is 4. The van der Waals surface area contributed by atoms with Crippen molar-refractivity contribution in [3.05, 3.63) is 62.9 Å². The van der Waals surface area contributed by atoms with Gasteiger partial charge in [0.1, 0.15) is 17.6 Å². The Bertz CT molecular complexity index is 1250. The molecular formula is C29H31Cl2F3N2O4. The van der Waals surface area contributed by atoms with Gasteiger partial charge in [-0.15, -0.1) is 0 Å². The molecule has 6 nitrogen and oxygen atoms in total. The highest BCUT2D eigenvalue weighted by Gasteiger charge is 2.37. The van der Waals surface area contributed by atoms with Gasteiger partial charge in [0.05, 0.1) is 18.2 Å². The molecule has 1 aliphatic carbocycles. The van der Waals surface area contributed by atoms with Crippen LogP contribution in [0.1, 0.15) is 72.0 Å². The molecule has 5 rings (SSSR count). The lowest BCUT2D eigenvalue weighted by atomic mass is 9.94. The van der Waals surface area contributed by atoms with Crippen LogP contribution in [0.5, 0.6) is 5.75 Å². The van der Waals surface area contributed by atoms with Crippen molar-refractivity contribution in [1.29, 1.82) is 0 Å². The van der Waals surface area contributed by atoms with Crippen LogP contribution in [0.2, 0.25) is 10.0 Å². The van der Waals surface area contributed by atoms with Gasteiger partial charge in [-0.05, 0) is 98.8 Å². The fraction of sp³-hybridized carbons (Fsp3) is 0.517. The molecule has 0 unspecified atom stereocenters. The van der Waals surface area contributed by atoms with Crippen molar-refractivity contribution in [2.45, 2.75) is 63.0 Å². The van der Waals surface area contributed by atoms with Crippen LogP contribution in [0, 0.1) is 11.7 Å². The largest absolute Gasteiger partial charge is 0.493 e. The van der Waals surface area contributed by atoms with E-state index in [1.165, 1.54) is 35.2 Å². The summed E-state index contributed by atoms with van der Waals surface area (Å²) in [4.78, 5) is 27.6. The van der Waals surface area contributed by atoms with Crippen LogP contribution in [0.15, 0.2) is 30.3 Å². The summed E-state index contributed by atoms with van der Waals surface area (Å²) in [6, 6.07) is 5.25. The third kappa shape index (κ3) is 6.37. The number of amides is 1. The number of ether oxygens (including phenoxy) is 1. The summed E-state index contributed by atoms with van der Waals surface area (Å²) >= 11 is 12.1. The molecular weight excluding hydrogens is 568 g/mol. The third-order valence-electron chi connectivity index (χ3n) is 8.13. The van der Waals surface area contributed by atoms with Gasteiger partial charge in [-0.2, -0.15) is 0 Å². The van der Waals surface area contributed by atoms with Gasteiger partial charge in [0.25, 0.3) is 12.3 Å². The Kier molecular flexibility index (Phi) is 8.83. The maximum Gasteiger partial charge on any atom is 0.326 e. The zero-order valence-electron chi connectivity index (χ0n) is 21.8. The number of hydrogen-bond donors (Lipinski definition) is 1. The average molecular weight is 599 g/mol. The molecule has 0 bridgehead atoms. The number of rotatable bonds is 9. The Labute approximate surface area is 241 Å². The molecule has 0 aromatic heterocycles. The molecule has 1 amide bonds. The first kappa shape index (κ1) is 29.0. The Morgan fingerprint density at radius 2 is 1.65 bits per heavy atom. The van der Waals surface area contributed by atoms with Crippen molar-refractivity contribution < 1.29 is 32.6 Å². The van der Waals surface area contributed by atoms with Gasteiger partial charge in [0, 0.05) is 22.7 Å². The molecule has 2 saturated heterocycles. The zero-order valence-corrected chi connectivity index (χ0v) is 23.3. The molecule has 2 aromatic carbocycles. The molecule has 2 aromatic rings. The van der Waals surface area contributed by atoms with Crippen molar-refractivity contribution in [2.75, 3.05) is 26.2 Å². The van der Waals surface area contributed by atoms with E-state index in [2.05, 4.69) is 0 Å². The van der Waals surface area contributed by atoms with Crippen LogP contribution in [-0.2, 0) is 4.79 Å². The molecule has 216 valence electrons. The zero-order chi connectivity index (χ0) is 28.6. The smallest absolute Gasteiger partial charge is 0.326 e. The van der Waals surface area contributed by atoms with Crippen LogP contribution < -0.4 is 4.74 Å². The molecule has 2 atom stereocenters. The molecule has 11 heteroatoms. The van der Waals surface area contributed by atoms with Gasteiger partial charge in [-0.3, -0.25) is 9.69 Å². The quantitative estimate of drug-likeness (QED) is 0.344. The molecule has 1 N–H and O–H groups in total. The fourth-order valence-corrected chi connectivity index (χ4v) is 6.41. The number of benzene rings is 2. The average Bonchev–Trinajstić information content (AvgIpc) is 3.61. The maximum absolute atomic E-state index is 15.2. The number of carboxylic acid groups (broad SMARTS) is 1. The predicted octanol–water partition coefficient (Wildman–Crippen LogP) is 6.80. The minimum Gasteiger partial charge on any atom is -0.493 e. The van der Waals surface area contributed by atoms with Crippen LogP contribution in [0.4, 0.5) is 13.2 Å². The number of alkyl halides is 2. The number of nitrogens with zero attached hydrogens (tertiary/aromatic N) is 2. The summed E-state index contributed by atoms with van der Waals surface area (Å²) in [7, 11) is 0. The monoisotopic (exact) mass is 598 g/mol. The molecule has 2 aliphatic heterocycles. The van der Waals surface area contributed by atoms with Gasteiger partial charge >= 0.3 is 5.97 Å². The van der Waals surface area contributed by atoms with E-state index in [0.717, 1.165) is 18.4 Å². The van der Waals surface area contributed by atoms with E-state index in [-0.39, 0.29) is 23.9 Å². The second-order valence-electron chi connectivity index (χ2n) is 10.9. The minimum absolute atomic E-state index is 0.0925. The number of carbonyl (C=O) groups excluding carboxylic acids is 1. The standard InChI is InChI=1S/C29H31Cl2F3N2O4/c30-19-10-18(11-20(31)12-19)26(27(33)34)35-8-5-16(6-9-35)15-40-25-14-23(32)22(13-21(25)17-3-4-17)28(37)36-7-1-2-24(36)29(38)39/h10-14,16-17,24,26-27H,1-9,15H2,(H,38,39)/t24-,26-/m0/s1. The van der Waals surface area contributed by atoms with E-state index >= 15 is 4.39 Å². The molecule has 0 spiro atoms. The lowest BCUT2D eigenvalue weighted by Gasteiger charge is -2.37. The highest BCUT2D eigenvalue weighted by Crippen LogP contribution is 2.45. The van der Waals surface area contributed by atoms with Gasteiger partial charge in [-0.25, -0.2) is 18.0 Å². The highest BCUT2D eigenvalue weighted by atomic mass is 35.5. The first-order valence-corrected chi connectivity index (χ1v) is 14.4. The van der Waals surface area contributed by atoms with Crippen LogP contribution in [0.25, 0.3) is 0 Å². The summed E-state index contributed by atoms with van der Waals surface area (Å²) < 4.78 is 49.4. The molecule has 0 radical (unpaired) electrons. The number of carboxylic acids is 1. The molecule has 3 aliphatic rings. The van der Waals surface area contributed by atoms with E-state index in [9.17, 15) is 23.5 Å². The first-order valence-electron chi connectivity index (χ1n) is 13.6. The normalized spacial score (nSPS) is 21.1. The summed E-state index contributed by atoms with van der Waals surface area (Å²) in [6.07, 6.45) is 1.35. The van der Waals surface area contributed by atoms with Gasteiger partial charge in [0.15, 0.2) is 0 Å². The van der Waals surface area contributed by atoms with Crippen LogP contribution in [0.3, 0.4) is 0 Å². The Balaban J connectivity index is 1.24. The predicted molar refractivity (Wildman–Crippen MR) is 145 cm³/mol. The van der Waals surface area contributed by atoms with E-state index < -0.39 is 36.2 Å². The van der Waals surface area contributed by atoms with E-state index in [1.807, 2.05) is 0 Å². The first-order chi connectivity index (χ1) is 19.1. The van der Waals surface area contributed by atoms with Crippen molar-refractivity contribution in [3.8, 4) is 5.75 Å². The van der Waals surface area contributed by atoms with E-state index in [1.54, 1.807) is 4.90 Å². The topological polar surface area (TPSA) is 70.1 Å². The van der Waals surface area contributed by atoms with Crippen LogP contribution >= 0.6 is 23.2 Å². The lowest BCUT2D eigenvalue weighted by molar-refractivity contribution is -0.141. The van der Waals surface area contributed by atoms with Gasteiger partial charge in [-0.1, -0.05) is 23.2 Å². The minimum atomic E-state index is -2.61. The number of piperidine rings is 1. The van der Waals surface area contributed by atoms with Gasteiger partial charge in [0.2, 0.25) is 0 Å². The molecule has 40 heavy (non-hydrogen) atoms. The summed E-state index contributed by atoms with van der Waals surface area (Å²) in [5.74, 6) is -1.80. The number of carbonyl (C=O) groups is 2. The third-order valence-corrected chi connectivity index (χ3v) is 8.56. The van der Waals surface area contributed by atoms with Crippen molar-refractivity contribution in [1.82, 2.24) is 9.80 Å². The summed E-state index contributed by atoms with van der Waals surface area (Å²) in [5, 5.41) is 10.1. The Hall–Kier alpha value is -2.49. The number of aliphatic carboxylic acids is 1. The molecule has 3 fully saturated rings. The SMILES string of the molecule is O=C(O)[C@@H]1CCCN1C(=O)c1cc(C2CC2)c(OCC2CCN([C@@H](c3cc(Cl)cc(Cl)c3)C(F)F)CC2)cc1F.